The van der Waals surface area contributed by atoms with Crippen LogP contribution in [-0.2, 0) is 11.2 Å². The number of anilines is 3. The minimum Gasteiger partial charge on any atom is -0.351 e. The molecular weight excluding hydrogens is 416 g/mol. The Morgan fingerprint density at radius 3 is 2.74 bits per heavy atom. The molecule has 8 nitrogen and oxygen atoms in total. The van der Waals surface area contributed by atoms with Crippen LogP contribution in [0.25, 0.3) is 11.3 Å². The highest BCUT2D eigenvalue weighted by molar-refractivity contribution is 6.31. The number of amides is 2. The van der Waals surface area contributed by atoms with Crippen molar-refractivity contribution in [2.24, 2.45) is 0 Å². The minimum absolute atomic E-state index is 0.129. The first-order chi connectivity index (χ1) is 15.0. The lowest BCUT2D eigenvalue weighted by Gasteiger charge is -2.11. The topological polar surface area (TPSA) is 108 Å². The maximum Gasteiger partial charge on any atom is 0.251 e. The molecule has 0 saturated heterocycles. The molecule has 4 rings (SSSR count). The molecule has 0 radical (unpaired) electrons. The number of aromatic nitrogens is 2. The Morgan fingerprint density at radius 2 is 1.97 bits per heavy atom. The summed E-state index contributed by atoms with van der Waals surface area (Å²) in [6.45, 7) is 1.26. The monoisotopic (exact) mass is 436 g/mol. The molecule has 1 aliphatic rings. The molecule has 0 unspecified atom stereocenters. The fourth-order valence-corrected chi connectivity index (χ4v) is 3.43. The number of carbonyl (C=O) groups excluding carboxylic acids is 2. The van der Waals surface area contributed by atoms with E-state index in [4.69, 9.17) is 11.6 Å². The van der Waals surface area contributed by atoms with E-state index in [1.165, 1.54) is 0 Å². The van der Waals surface area contributed by atoms with Crippen molar-refractivity contribution in [1.29, 1.82) is 0 Å². The van der Waals surface area contributed by atoms with Gasteiger partial charge in [-0.1, -0.05) is 11.6 Å². The van der Waals surface area contributed by atoms with Gasteiger partial charge in [0, 0.05) is 46.7 Å². The molecule has 2 heterocycles. The number of benzene rings is 2. The molecule has 0 saturated carbocycles. The van der Waals surface area contributed by atoms with E-state index in [0.29, 0.717) is 41.0 Å². The second kappa shape index (κ2) is 9.11. The highest BCUT2D eigenvalue weighted by Crippen LogP contribution is 2.34. The van der Waals surface area contributed by atoms with Crippen LogP contribution in [0.4, 0.5) is 17.3 Å². The minimum atomic E-state index is -0.143. The first-order valence-corrected chi connectivity index (χ1v) is 10.2. The second-order valence-electron chi connectivity index (χ2n) is 7.04. The van der Waals surface area contributed by atoms with Gasteiger partial charge in [0.1, 0.15) is 0 Å². The van der Waals surface area contributed by atoms with Crippen LogP contribution >= 0.6 is 11.6 Å². The van der Waals surface area contributed by atoms with Crippen LogP contribution in [0.2, 0.25) is 5.02 Å². The van der Waals surface area contributed by atoms with E-state index in [-0.39, 0.29) is 18.2 Å². The summed E-state index contributed by atoms with van der Waals surface area (Å²) in [7, 11) is 1.83. The van der Waals surface area contributed by atoms with Crippen LogP contribution in [0.5, 0.6) is 0 Å². The zero-order chi connectivity index (χ0) is 21.8. The summed E-state index contributed by atoms with van der Waals surface area (Å²) in [6.07, 6.45) is 1.83. The Balaban J connectivity index is 1.55. The molecule has 1 aliphatic heterocycles. The van der Waals surface area contributed by atoms with Gasteiger partial charge in [0.25, 0.3) is 5.91 Å². The van der Waals surface area contributed by atoms with Gasteiger partial charge in [-0.05, 0) is 49.5 Å². The summed E-state index contributed by atoms with van der Waals surface area (Å²) in [4.78, 5) is 33.3. The van der Waals surface area contributed by atoms with E-state index in [1.54, 1.807) is 42.6 Å². The lowest BCUT2D eigenvalue weighted by molar-refractivity contribution is -0.115. The van der Waals surface area contributed by atoms with Gasteiger partial charge in [-0.2, -0.15) is 0 Å². The van der Waals surface area contributed by atoms with Gasteiger partial charge >= 0.3 is 0 Å². The van der Waals surface area contributed by atoms with E-state index in [9.17, 15) is 9.59 Å². The second-order valence-corrected chi connectivity index (χ2v) is 7.48. The van der Waals surface area contributed by atoms with Gasteiger partial charge in [0.05, 0.1) is 17.8 Å². The Labute approximate surface area is 184 Å². The summed E-state index contributed by atoms with van der Waals surface area (Å²) in [5.41, 5.74) is 4.12. The van der Waals surface area contributed by atoms with Gasteiger partial charge in [-0.3, -0.25) is 9.59 Å². The Hall–Kier alpha value is -3.49. The number of hydrogen-bond donors (Lipinski definition) is 4. The maximum atomic E-state index is 12.2. The van der Waals surface area contributed by atoms with Crippen molar-refractivity contribution in [2.45, 2.75) is 6.42 Å². The van der Waals surface area contributed by atoms with E-state index in [0.717, 1.165) is 16.8 Å². The quantitative estimate of drug-likeness (QED) is 0.442. The van der Waals surface area contributed by atoms with E-state index >= 15 is 0 Å². The SMILES string of the molecule is CNCCNC(=O)c1ccc(Nc2ncc3c(n2)-c2ccc(Cl)cc2NC(=O)C3)cc1. The number of hydrogen-bond acceptors (Lipinski definition) is 6. The molecule has 2 amide bonds. The highest BCUT2D eigenvalue weighted by atomic mass is 35.5. The van der Waals surface area contributed by atoms with Crippen molar-refractivity contribution < 1.29 is 9.59 Å². The number of halogens is 1. The molecule has 0 spiro atoms. The third-order valence-electron chi connectivity index (χ3n) is 4.79. The Kier molecular flexibility index (Phi) is 6.11. The molecule has 2 aromatic carbocycles. The number of fused-ring (bicyclic) bond motifs is 3. The largest absolute Gasteiger partial charge is 0.351 e. The third-order valence-corrected chi connectivity index (χ3v) is 5.03. The van der Waals surface area contributed by atoms with Crippen LogP contribution in [0.15, 0.2) is 48.7 Å². The lowest BCUT2D eigenvalue weighted by atomic mass is 10.1. The first-order valence-electron chi connectivity index (χ1n) is 9.79. The number of nitrogens with one attached hydrogen (secondary N) is 4. The lowest BCUT2D eigenvalue weighted by Crippen LogP contribution is -2.30. The number of nitrogens with zero attached hydrogens (tertiary/aromatic N) is 2. The molecule has 4 N–H and O–H groups in total. The van der Waals surface area contributed by atoms with Crippen LogP contribution < -0.4 is 21.3 Å². The van der Waals surface area contributed by atoms with Crippen molar-refractivity contribution in [3.05, 3.63) is 64.8 Å². The maximum absolute atomic E-state index is 12.2. The molecular formula is C22H21ClN6O2. The number of likely N-dealkylation sites (N-methyl/N-ethyl adjacent to an activating group) is 1. The smallest absolute Gasteiger partial charge is 0.251 e. The fourth-order valence-electron chi connectivity index (χ4n) is 3.26. The van der Waals surface area contributed by atoms with Crippen molar-refractivity contribution in [3.8, 4) is 11.3 Å². The van der Waals surface area contributed by atoms with Gasteiger partial charge in [0.2, 0.25) is 11.9 Å². The van der Waals surface area contributed by atoms with E-state index in [1.807, 2.05) is 13.1 Å². The summed E-state index contributed by atoms with van der Waals surface area (Å²) >= 11 is 6.09. The molecule has 0 bridgehead atoms. The zero-order valence-corrected chi connectivity index (χ0v) is 17.6. The Bertz CT molecular complexity index is 1130. The van der Waals surface area contributed by atoms with Crippen LogP contribution in [-0.4, -0.2) is 41.9 Å². The predicted octanol–water partition coefficient (Wildman–Crippen LogP) is 2.98. The molecule has 158 valence electrons. The van der Waals surface area contributed by atoms with Crippen molar-refractivity contribution in [1.82, 2.24) is 20.6 Å². The van der Waals surface area contributed by atoms with Gasteiger partial charge in [-0.25, -0.2) is 9.97 Å². The molecule has 3 aromatic rings. The van der Waals surface area contributed by atoms with Gasteiger partial charge in [-0.15, -0.1) is 0 Å². The van der Waals surface area contributed by atoms with Crippen molar-refractivity contribution in [2.75, 3.05) is 30.8 Å². The molecule has 0 fully saturated rings. The van der Waals surface area contributed by atoms with Gasteiger partial charge in [0.15, 0.2) is 0 Å². The standard InChI is InChI=1S/C22H21ClN6O2/c1-24-8-9-25-21(31)13-2-5-16(6-3-13)27-22-26-12-14-10-19(30)28-18-11-15(23)4-7-17(18)20(14)29-22/h2-7,11-12,24H,8-10H2,1H3,(H,25,31)(H,28,30)(H,26,27,29). The average Bonchev–Trinajstić information content (AvgIpc) is 2.89. The molecule has 1 aromatic heterocycles. The van der Waals surface area contributed by atoms with Crippen LogP contribution in [0, 0.1) is 0 Å². The molecule has 31 heavy (non-hydrogen) atoms. The van der Waals surface area contributed by atoms with Gasteiger partial charge < -0.3 is 21.3 Å². The Morgan fingerprint density at radius 1 is 1.16 bits per heavy atom. The van der Waals surface area contributed by atoms with Crippen LogP contribution in [0.3, 0.4) is 0 Å². The molecule has 0 atom stereocenters. The van der Waals surface area contributed by atoms with Crippen LogP contribution in [0.1, 0.15) is 15.9 Å². The molecule has 9 heteroatoms. The predicted molar refractivity (Wildman–Crippen MR) is 121 cm³/mol. The van der Waals surface area contributed by atoms with E-state index < -0.39 is 0 Å². The molecule has 0 aliphatic carbocycles. The number of carbonyl (C=O) groups is 2. The van der Waals surface area contributed by atoms with E-state index in [2.05, 4.69) is 31.2 Å². The third kappa shape index (κ3) is 4.82. The zero-order valence-electron chi connectivity index (χ0n) is 16.8. The number of rotatable bonds is 6. The normalized spacial score (nSPS) is 12.3. The first kappa shape index (κ1) is 20.8. The fraction of sp³-hybridized carbons (Fsp3) is 0.182. The summed E-state index contributed by atoms with van der Waals surface area (Å²) in [5.74, 6) is 0.117. The highest BCUT2D eigenvalue weighted by Gasteiger charge is 2.21. The van der Waals surface area contributed by atoms with Crippen molar-refractivity contribution in [3.63, 3.8) is 0 Å². The van der Waals surface area contributed by atoms with Crippen molar-refractivity contribution >= 4 is 40.7 Å². The summed E-state index contributed by atoms with van der Waals surface area (Å²) in [6, 6.07) is 12.4. The summed E-state index contributed by atoms with van der Waals surface area (Å²) < 4.78 is 0. The summed E-state index contributed by atoms with van der Waals surface area (Å²) in [5, 5.41) is 12.4. The average molecular weight is 437 g/mol.